The van der Waals surface area contributed by atoms with E-state index in [0.29, 0.717) is 25.5 Å². The number of nitrogens with two attached hydrogens (primary N) is 1. The van der Waals surface area contributed by atoms with Crippen LogP contribution < -0.4 is 27.0 Å². The second-order valence-corrected chi connectivity index (χ2v) is 5.91. The molecule has 0 aliphatic heterocycles. The van der Waals surface area contributed by atoms with Crippen LogP contribution in [0.15, 0.2) is 24.3 Å². The molecule has 0 spiro atoms. The molecule has 1 rings (SSSR count). The van der Waals surface area contributed by atoms with Gasteiger partial charge >= 0.3 is 0 Å². The Hall–Kier alpha value is -2.32. The summed E-state index contributed by atoms with van der Waals surface area (Å²) < 4.78 is 0. The zero-order valence-electron chi connectivity index (χ0n) is 14.9. The van der Waals surface area contributed by atoms with Gasteiger partial charge in [0.05, 0.1) is 6.04 Å². The van der Waals surface area contributed by atoms with Crippen LogP contribution in [0.5, 0.6) is 5.75 Å². The average Bonchev–Trinajstić information content (AvgIpc) is 2.61. The summed E-state index contributed by atoms with van der Waals surface area (Å²) in [5.41, 5.74) is 6.44. The Morgan fingerprint density at radius 1 is 1.28 bits per heavy atom. The number of benzene rings is 1. The van der Waals surface area contributed by atoms with Gasteiger partial charge in [-0.1, -0.05) is 12.1 Å². The minimum absolute atomic E-state index is 0.197. The molecule has 0 unspecified atom stereocenters. The van der Waals surface area contributed by atoms with Gasteiger partial charge in [0.15, 0.2) is 5.96 Å². The lowest BCUT2D eigenvalue weighted by molar-refractivity contribution is -0.120. The van der Waals surface area contributed by atoms with E-state index in [1.165, 1.54) is 0 Å². The normalized spacial score (nSPS) is 13.0. The lowest BCUT2D eigenvalue weighted by atomic mass is 10.0. The first-order chi connectivity index (χ1) is 12.0. The first-order valence-corrected chi connectivity index (χ1v) is 8.44. The highest BCUT2D eigenvalue weighted by Crippen LogP contribution is 2.11. The van der Waals surface area contributed by atoms with Crippen LogP contribution in [-0.2, 0) is 11.2 Å². The van der Waals surface area contributed by atoms with E-state index in [1.807, 2.05) is 7.05 Å². The van der Waals surface area contributed by atoms with E-state index < -0.39 is 11.9 Å². The van der Waals surface area contributed by atoms with Crippen molar-refractivity contribution in [3.8, 4) is 5.75 Å². The summed E-state index contributed by atoms with van der Waals surface area (Å²) in [7, 11) is 3.59. The van der Waals surface area contributed by atoms with Crippen molar-refractivity contribution in [2.75, 3.05) is 27.2 Å². The van der Waals surface area contributed by atoms with Gasteiger partial charge in [0.1, 0.15) is 5.75 Å². The van der Waals surface area contributed by atoms with E-state index in [1.54, 1.807) is 31.3 Å². The zero-order valence-corrected chi connectivity index (χ0v) is 14.9. The Kier molecular flexibility index (Phi) is 9.34. The van der Waals surface area contributed by atoms with Crippen LogP contribution in [0, 0.1) is 5.41 Å². The quantitative estimate of drug-likeness (QED) is 0.163. The van der Waals surface area contributed by atoms with Gasteiger partial charge in [-0.3, -0.25) is 10.2 Å². The highest BCUT2D eigenvalue weighted by Gasteiger charge is 2.17. The zero-order chi connectivity index (χ0) is 18.7. The number of carbonyl (C=O) groups is 1. The molecule has 140 valence electrons. The lowest BCUT2D eigenvalue weighted by Gasteiger charge is -2.21. The minimum Gasteiger partial charge on any atom is -0.508 e. The number of carbonyl (C=O) groups excluding carboxylic acids is 1. The Morgan fingerprint density at radius 2 is 1.96 bits per heavy atom. The fourth-order valence-electron chi connectivity index (χ4n) is 2.42. The minimum atomic E-state index is -0.462. The summed E-state index contributed by atoms with van der Waals surface area (Å²) in [6.07, 6.45) is 2.28. The maximum absolute atomic E-state index is 11.7. The molecule has 0 saturated carbocycles. The smallest absolute Gasteiger partial charge is 0.234 e. The van der Waals surface area contributed by atoms with Crippen LogP contribution >= 0.6 is 0 Å². The number of likely N-dealkylation sites (N-methyl/N-ethyl adjacent to an activating group) is 1. The van der Waals surface area contributed by atoms with E-state index in [9.17, 15) is 9.90 Å². The fraction of sp³-hybridized carbons (Fsp3) is 0.529. The van der Waals surface area contributed by atoms with Crippen LogP contribution in [0.3, 0.4) is 0 Å². The molecule has 0 aliphatic rings. The highest BCUT2D eigenvalue weighted by atomic mass is 16.3. The van der Waals surface area contributed by atoms with Gasteiger partial charge in [-0.25, -0.2) is 0 Å². The number of phenolic OH excluding ortho intramolecular Hbond substituents is 1. The monoisotopic (exact) mass is 350 g/mol. The largest absolute Gasteiger partial charge is 0.508 e. The van der Waals surface area contributed by atoms with Gasteiger partial charge in [0, 0.05) is 26.2 Å². The number of guanidine groups is 1. The van der Waals surface area contributed by atoms with Crippen molar-refractivity contribution in [2.45, 2.75) is 31.3 Å². The number of nitrogens with one attached hydrogen (secondary N) is 5. The number of primary amides is 1. The van der Waals surface area contributed by atoms with Crippen LogP contribution in [0.4, 0.5) is 0 Å². The maximum atomic E-state index is 11.7. The van der Waals surface area contributed by atoms with Crippen molar-refractivity contribution in [2.24, 2.45) is 5.73 Å². The fourth-order valence-corrected chi connectivity index (χ4v) is 2.42. The van der Waals surface area contributed by atoms with E-state index in [-0.39, 0.29) is 11.8 Å². The van der Waals surface area contributed by atoms with E-state index in [4.69, 9.17) is 11.1 Å². The third-order valence-corrected chi connectivity index (χ3v) is 4.02. The number of amides is 1. The van der Waals surface area contributed by atoms with Crippen LogP contribution in [0.2, 0.25) is 0 Å². The Morgan fingerprint density at radius 3 is 2.52 bits per heavy atom. The molecule has 1 aromatic rings. The van der Waals surface area contributed by atoms with Crippen molar-refractivity contribution < 1.29 is 9.90 Å². The average molecular weight is 350 g/mol. The first-order valence-electron chi connectivity index (χ1n) is 8.44. The second kappa shape index (κ2) is 11.3. The number of rotatable bonds is 11. The molecule has 2 atom stereocenters. The Labute approximate surface area is 149 Å². The number of aromatic hydroxyl groups is 1. The molecule has 1 amide bonds. The molecular weight excluding hydrogens is 320 g/mol. The molecular formula is C17H30N6O2. The van der Waals surface area contributed by atoms with Crippen molar-refractivity contribution >= 4 is 11.9 Å². The van der Waals surface area contributed by atoms with Crippen molar-refractivity contribution in [1.29, 1.82) is 5.41 Å². The summed E-state index contributed by atoms with van der Waals surface area (Å²) in [5, 5.41) is 28.9. The molecule has 25 heavy (non-hydrogen) atoms. The maximum Gasteiger partial charge on any atom is 0.234 e. The molecule has 0 fully saturated rings. The summed E-state index contributed by atoms with van der Waals surface area (Å²) in [6.45, 7) is 1.33. The first kappa shape index (κ1) is 20.7. The van der Waals surface area contributed by atoms with Gasteiger partial charge in [-0.2, -0.15) is 0 Å². The van der Waals surface area contributed by atoms with E-state index >= 15 is 0 Å². The standard InChI is InChI=1S/C17H30N6O2/c1-20-13(4-3-9-22-17(19)21-2)11-23-15(16(18)25)10-12-5-7-14(24)8-6-12/h5-8,13,15,20,23-24H,3-4,9-11H2,1-2H3,(H2,18,25)(H3,19,21,22)/t13-,15-/m0/s1. The van der Waals surface area contributed by atoms with Crippen LogP contribution in [-0.4, -0.2) is 56.2 Å². The predicted molar refractivity (Wildman–Crippen MR) is 99.7 cm³/mol. The van der Waals surface area contributed by atoms with E-state index in [0.717, 1.165) is 18.4 Å². The molecule has 0 heterocycles. The van der Waals surface area contributed by atoms with Crippen molar-refractivity contribution in [3.63, 3.8) is 0 Å². The molecule has 0 radical (unpaired) electrons. The van der Waals surface area contributed by atoms with Crippen molar-refractivity contribution in [3.05, 3.63) is 29.8 Å². The van der Waals surface area contributed by atoms with Crippen LogP contribution in [0.25, 0.3) is 0 Å². The number of hydrogen-bond acceptors (Lipinski definition) is 5. The van der Waals surface area contributed by atoms with Gasteiger partial charge in [-0.15, -0.1) is 0 Å². The highest BCUT2D eigenvalue weighted by molar-refractivity contribution is 5.80. The van der Waals surface area contributed by atoms with Gasteiger partial charge in [-0.05, 0) is 44.0 Å². The van der Waals surface area contributed by atoms with Gasteiger partial charge in [0.2, 0.25) is 5.91 Å². The third kappa shape index (κ3) is 8.37. The molecule has 1 aromatic carbocycles. The summed E-state index contributed by atoms with van der Waals surface area (Å²) >= 11 is 0. The molecule has 8 heteroatoms. The molecule has 0 saturated heterocycles. The van der Waals surface area contributed by atoms with Gasteiger partial charge in [0.25, 0.3) is 0 Å². The van der Waals surface area contributed by atoms with Crippen molar-refractivity contribution in [1.82, 2.24) is 21.3 Å². The van der Waals surface area contributed by atoms with Crippen LogP contribution in [0.1, 0.15) is 18.4 Å². The predicted octanol–water partition coefficient (Wildman–Crippen LogP) is -0.510. The topological polar surface area (TPSA) is 135 Å². The molecule has 0 bridgehead atoms. The molecule has 8 nitrogen and oxygen atoms in total. The SMILES string of the molecule is CNC(=N)NCCC[C@@H](CN[C@@H](Cc1ccc(O)cc1)C(N)=O)NC. The molecule has 8 N–H and O–H groups in total. The summed E-state index contributed by atoms with van der Waals surface area (Å²) in [5.74, 6) is 0.108. The summed E-state index contributed by atoms with van der Waals surface area (Å²) in [4.78, 5) is 11.7. The molecule has 0 aromatic heterocycles. The second-order valence-electron chi connectivity index (χ2n) is 5.91. The third-order valence-electron chi connectivity index (χ3n) is 4.02. The Balaban J connectivity index is 2.41. The Bertz CT molecular complexity index is 534. The number of phenols is 1. The van der Waals surface area contributed by atoms with E-state index in [2.05, 4.69) is 21.3 Å². The summed E-state index contributed by atoms with van der Waals surface area (Å²) in [6, 6.07) is 6.50. The lowest BCUT2D eigenvalue weighted by Crippen LogP contribution is -2.48. The van der Waals surface area contributed by atoms with Gasteiger partial charge < -0.3 is 32.1 Å². The molecule has 0 aliphatic carbocycles. The number of hydrogen-bond donors (Lipinski definition) is 7.